The van der Waals surface area contributed by atoms with E-state index >= 15 is 0 Å². The minimum atomic E-state index is -4.43. The number of nitrogens with one attached hydrogen (secondary N) is 1. The van der Waals surface area contributed by atoms with Gasteiger partial charge in [0.2, 0.25) is 5.91 Å². The highest BCUT2D eigenvalue weighted by Gasteiger charge is 2.41. The molecule has 2 heterocycles. The summed E-state index contributed by atoms with van der Waals surface area (Å²) in [5.41, 5.74) is 4.00. The van der Waals surface area contributed by atoms with Crippen LogP contribution in [0, 0.1) is 0 Å². The first-order valence-electron chi connectivity index (χ1n) is 8.41. The lowest BCUT2D eigenvalue weighted by atomic mass is 9.78. The molecule has 146 valence electrons. The van der Waals surface area contributed by atoms with Crippen molar-refractivity contribution in [3.05, 3.63) is 47.3 Å². The molecule has 1 aliphatic rings. The predicted molar refractivity (Wildman–Crippen MR) is 89.1 cm³/mol. The fourth-order valence-electron chi connectivity index (χ4n) is 3.49. The molecule has 1 unspecified atom stereocenters. The van der Waals surface area contributed by atoms with Gasteiger partial charge in [-0.25, -0.2) is 4.68 Å². The molecule has 3 rings (SSSR count). The van der Waals surface area contributed by atoms with Crippen LogP contribution >= 0.6 is 0 Å². The first-order valence-corrected chi connectivity index (χ1v) is 8.41. The number of primary amides is 1. The van der Waals surface area contributed by atoms with Gasteiger partial charge < -0.3 is 16.2 Å². The Bertz CT molecular complexity index is 821. The fourth-order valence-corrected chi connectivity index (χ4v) is 3.49. The molecule has 1 aliphatic heterocycles. The quantitative estimate of drug-likeness (QED) is 0.742. The molecule has 7 nitrogen and oxygen atoms in total. The smallest absolute Gasteiger partial charge is 0.385 e. The third-order valence-corrected chi connectivity index (χ3v) is 4.65. The highest BCUT2D eigenvalue weighted by molar-refractivity contribution is 5.73. The summed E-state index contributed by atoms with van der Waals surface area (Å²) in [6.07, 6.45) is -2.32. The van der Waals surface area contributed by atoms with Crippen LogP contribution in [-0.4, -0.2) is 32.0 Å². The number of nitrogens with two attached hydrogens (primary N) is 1. The summed E-state index contributed by atoms with van der Waals surface area (Å²) in [6.45, 7) is 1.76. The number of carbonyl (C=O) groups is 1. The SMILES string of the molecule is C[C@H]1CC(O)(c2ccc(C(F)(F)F)cc2)C[C@@H](c2cn(CC(N)=O)nn2)N1. The number of hydrogen-bond acceptors (Lipinski definition) is 5. The molecule has 1 fully saturated rings. The summed E-state index contributed by atoms with van der Waals surface area (Å²) < 4.78 is 39.6. The van der Waals surface area contributed by atoms with Crippen LogP contribution in [0.5, 0.6) is 0 Å². The summed E-state index contributed by atoms with van der Waals surface area (Å²) in [7, 11) is 0. The second-order valence-corrected chi connectivity index (χ2v) is 6.94. The molecule has 0 radical (unpaired) electrons. The average molecular weight is 383 g/mol. The van der Waals surface area contributed by atoms with Crippen LogP contribution in [-0.2, 0) is 23.1 Å². The van der Waals surface area contributed by atoms with Crippen LogP contribution in [0.4, 0.5) is 13.2 Å². The van der Waals surface area contributed by atoms with E-state index in [1.165, 1.54) is 16.8 Å². The van der Waals surface area contributed by atoms with E-state index in [1.807, 2.05) is 6.92 Å². The molecule has 1 saturated heterocycles. The van der Waals surface area contributed by atoms with Crippen molar-refractivity contribution >= 4 is 5.91 Å². The molecular formula is C17H20F3N5O2. The molecule has 0 bridgehead atoms. The first kappa shape index (κ1) is 19.3. The maximum atomic E-state index is 12.8. The van der Waals surface area contributed by atoms with Crippen molar-refractivity contribution in [2.24, 2.45) is 5.73 Å². The lowest BCUT2D eigenvalue weighted by molar-refractivity contribution is -0.137. The van der Waals surface area contributed by atoms with Gasteiger partial charge in [-0.3, -0.25) is 4.79 Å². The summed E-state index contributed by atoms with van der Waals surface area (Å²) in [5, 5.41) is 22.3. The van der Waals surface area contributed by atoms with Gasteiger partial charge in [0.15, 0.2) is 0 Å². The standard InChI is InChI=1S/C17H20F3N5O2/c1-10-6-16(27,11-2-4-12(5-3-11)17(18,19)20)7-13(22-10)14-8-25(24-23-14)9-15(21)26/h2-5,8,10,13,22,27H,6-7,9H2,1H3,(H2,21,26)/t10-,13-,16?/m0/s1. The molecule has 2 aromatic rings. The summed E-state index contributed by atoms with van der Waals surface area (Å²) in [5.74, 6) is -0.558. The number of nitrogens with zero attached hydrogens (tertiary/aromatic N) is 3. The number of amides is 1. The second-order valence-electron chi connectivity index (χ2n) is 6.94. The molecule has 4 N–H and O–H groups in total. The van der Waals surface area contributed by atoms with Crippen LogP contribution in [0.3, 0.4) is 0 Å². The highest BCUT2D eigenvalue weighted by Crippen LogP contribution is 2.40. The fraction of sp³-hybridized carbons (Fsp3) is 0.471. The van der Waals surface area contributed by atoms with E-state index in [9.17, 15) is 23.1 Å². The Morgan fingerprint density at radius 2 is 2.04 bits per heavy atom. The van der Waals surface area contributed by atoms with Gasteiger partial charge in [0.25, 0.3) is 0 Å². The summed E-state index contributed by atoms with van der Waals surface area (Å²) in [4.78, 5) is 11.0. The topological polar surface area (TPSA) is 106 Å². The number of carbonyl (C=O) groups excluding carboxylic acids is 1. The Kier molecular flexibility index (Phi) is 4.96. The van der Waals surface area contributed by atoms with E-state index in [4.69, 9.17) is 5.73 Å². The normalized spacial score (nSPS) is 26.1. The number of aromatic nitrogens is 3. The van der Waals surface area contributed by atoms with Crippen molar-refractivity contribution in [3.8, 4) is 0 Å². The first-order chi connectivity index (χ1) is 12.6. The zero-order valence-electron chi connectivity index (χ0n) is 14.6. The number of piperidine rings is 1. The van der Waals surface area contributed by atoms with Crippen molar-refractivity contribution in [1.29, 1.82) is 0 Å². The van der Waals surface area contributed by atoms with E-state index in [1.54, 1.807) is 6.20 Å². The molecule has 3 atom stereocenters. The van der Waals surface area contributed by atoms with Gasteiger partial charge in [-0.2, -0.15) is 13.2 Å². The molecular weight excluding hydrogens is 363 g/mol. The van der Waals surface area contributed by atoms with E-state index in [0.717, 1.165) is 12.1 Å². The number of hydrogen-bond donors (Lipinski definition) is 3. The second kappa shape index (κ2) is 6.93. The largest absolute Gasteiger partial charge is 0.416 e. The van der Waals surface area contributed by atoms with E-state index in [-0.39, 0.29) is 25.0 Å². The lowest BCUT2D eigenvalue weighted by Crippen LogP contribution is -2.47. The Morgan fingerprint density at radius 1 is 1.37 bits per heavy atom. The molecule has 1 aromatic heterocycles. The van der Waals surface area contributed by atoms with Crippen molar-refractivity contribution in [2.75, 3.05) is 0 Å². The van der Waals surface area contributed by atoms with Crippen molar-refractivity contribution < 1.29 is 23.1 Å². The summed E-state index contributed by atoms with van der Waals surface area (Å²) in [6, 6.07) is 4.07. The third kappa shape index (κ3) is 4.28. The zero-order valence-corrected chi connectivity index (χ0v) is 14.6. The molecule has 1 aromatic carbocycles. The maximum Gasteiger partial charge on any atom is 0.416 e. The van der Waals surface area contributed by atoms with Crippen LogP contribution in [0.15, 0.2) is 30.5 Å². The molecule has 0 saturated carbocycles. The average Bonchev–Trinajstić information content (AvgIpc) is 3.01. The number of halogens is 3. The van der Waals surface area contributed by atoms with Gasteiger partial charge in [-0.1, -0.05) is 17.3 Å². The van der Waals surface area contributed by atoms with Crippen molar-refractivity contribution in [1.82, 2.24) is 20.3 Å². The minimum Gasteiger partial charge on any atom is -0.385 e. The van der Waals surface area contributed by atoms with Gasteiger partial charge >= 0.3 is 6.18 Å². The van der Waals surface area contributed by atoms with Crippen LogP contribution < -0.4 is 11.1 Å². The molecule has 1 amide bonds. The number of rotatable bonds is 4. The van der Waals surface area contributed by atoms with Gasteiger partial charge in [0.1, 0.15) is 6.54 Å². The van der Waals surface area contributed by atoms with Crippen LogP contribution in [0.1, 0.15) is 42.6 Å². The van der Waals surface area contributed by atoms with E-state index < -0.39 is 23.2 Å². The van der Waals surface area contributed by atoms with E-state index in [0.29, 0.717) is 17.7 Å². The number of benzene rings is 1. The lowest BCUT2D eigenvalue weighted by Gasteiger charge is -2.40. The van der Waals surface area contributed by atoms with Gasteiger partial charge in [-0.05, 0) is 31.0 Å². The maximum absolute atomic E-state index is 12.8. The monoisotopic (exact) mass is 383 g/mol. The van der Waals surface area contributed by atoms with Gasteiger partial charge in [0, 0.05) is 12.5 Å². The van der Waals surface area contributed by atoms with Gasteiger partial charge in [0.05, 0.1) is 29.1 Å². The minimum absolute atomic E-state index is 0.113. The molecule has 0 aliphatic carbocycles. The highest BCUT2D eigenvalue weighted by atomic mass is 19.4. The van der Waals surface area contributed by atoms with Crippen molar-refractivity contribution in [3.63, 3.8) is 0 Å². The number of alkyl halides is 3. The zero-order chi connectivity index (χ0) is 19.8. The van der Waals surface area contributed by atoms with Crippen LogP contribution in [0.2, 0.25) is 0 Å². The van der Waals surface area contributed by atoms with Crippen LogP contribution in [0.25, 0.3) is 0 Å². The van der Waals surface area contributed by atoms with Crippen molar-refractivity contribution in [2.45, 2.75) is 50.2 Å². The third-order valence-electron chi connectivity index (χ3n) is 4.65. The predicted octanol–water partition coefficient (Wildman–Crippen LogP) is 1.48. The Labute approximate surface area is 153 Å². The Hall–Kier alpha value is -2.46. The van der Waals surface area contributed by atoms with Gasteiger partial charge in [-0.15, -0.1) is 5.10 Å². The molecule has 10 heteroatoms. The summed E-state index contributed by atoms with van der Waals surface area (Å²) >= 11 is 0. The van der Waals surface area contributed by atoms with E-state index in [2.05, 4.69) is 15.6 Å². The Balaban J connectivity index is 1.83. The molecule has 27 heavy (non-hydrogen) atoms. The Morgan fingerprint density at radius 3 is 2.63 bits per heavy atom. The number of aliphatic hydroxyl groups is 1. The molecule has 0 spiro atoms.